The summed E-state index contributed by atoms with van der Waals surface area (Å²) in [7, 11) is -2.20. The molecule has 0 amide bonds. The number of halogens is 1. The normalized spacial score (nSPS) is 22.7. The average Bonchev–Trinajstić information content (AvgIpc) is 3.06. The zero-order chi connectivity index (χ0) is 23.9. The van der Waals surface area contributed by atoms with E-state index in [1.807, 2.05) is 91.9 Å². The van der Waals surface area contributed by atoms with Crippen molar-refractivity contribution in [3.05, 3.63) is 95.0 Å². The smallest absolute Gasteiger partial charge is 0.334 e. The van der Waals surface area contributed by atoms with Gasteiger partial charge < -0.3 is 10.1 Å². The lowest BCUT2D eigenvalue weighted by Crippen LogP contribution is -2.60. The van der Waals surface area contributed by atoms with E-state index < -0.39 is 24.3 Å². The van der Waals surface area contributed by atoms with Crippen molar-refractivity contribution < 1.29 is 14.1 Å². The molecule has 0 aliphatic carbocycles. The van der Waals surface area contributed by atoms with Gasteiger partial charge in [-0.05, 0) is 68.0 Å². The molecule has 1 aliphatic heterocycles. The maximum Gasteiger partial charge on any atom is 0.334 e. The van der Waals surface area contributed by atoms with Crippen LogP contribution < -0.4 is 15.9 Å². The van der Waals surface area contributed by atoms with Gasteiger partial charge in [0, 0.05) is 15.1 Å². The van der Waals surface area contributed by atoms with Crippen molar-refractivity contribution in [2.75, 3.05) is 7.11 Å². The van der Waals surface area contributed by atoms with Gasteiger partial charge >= 0.3 is 5.97 Å². The Morgan fingerprint density at radius 2 is 1.42 bits per heavy atom. The van der Waals surface area contributed by atoms with E-state index in [4.69, 9.17) is 17.0 Å². The van der Waals surface area contributed by atoms with E-state index in [0.717, 1.165) is 10.0 Å². The van der Waals surface area contributed by atoms with Gasteiger partial charge in [-0.25, -0.2) is 4.79 Å². The van der Waals surface area contributed by atoms with Gasteiger partial charge in [-0.2, -0.15) is 0 Å². The minimum Gasteiger partial charge on any atom is -0.467 e. The Bertz CT molecular complexity index is 1200. The van der Waals surface area contributed by atoms with Crippen molar-refractivity contribution in [1.29, 1.82) is 0 Å². The number of hydrogen-bond acceptors (Lipinski definition) is 4. The summed E-state index contributed by atoms with van der Waals surface area (Å²) >= 11 is 9.29. The molecule has 0 bridgehead atoms. The summed E-state index contributed by atoms with van der Waals surface area (Å²) in [5.41, 5.74) is -1.66. The summed E-state index contributed by atoms with van der Waals surface area (Å²) in [6.07, 6.45) is 0. The molecule has 1 fully saturated rings. The fourth-order valence-electron chi connectivity index (χ4n) is 4.49. The molecule has 170 valence electrons. The number of hydrogen-bond donors (Lipinski definition) is 1. The van der Waals surface area contributed by atoms with Crippen LogP contribution in [-0.2, 0) is 19.6 Å². The molecule has 4 rings (SSSR count). The molecular weight excluding hydrogens is 519 g/mol. The van der Waals surface area contributed by atoms with Gasteiger partial charge in [-0.1, -0.05) is 64.5 Å². The van der Waals surface area contributed by atoms with Crippen LogP contribution in [0.15, 0.2) is 89.4 Å². The number of carbonyl (C=O) groups is 1. The van der Waals surface area contributed by atoms with Gasteiger partial charge in [-0.3, -0.25) is 9.24 Å². The Balaban J connectivity index is 2.07. The minimum absolute atomic E-state index is 0.226. The Morgan fingerprint density at radius 3 is 1.88 bits per heavy atom. The van der Waals surface area contributed by atoms with Crippen molar-refractivity contribution in [2.45, 2.75) is 24.9 Å². The summed E-state index contributed by atoms with van der Waals surface area (Å²) in [6.45, 7) is 3.63. The van der Waals surface area contributed by atoms with Crippen LogP contribution in [0.4, 0.5) is 0 Å². The molecule has 3 aromatic rings. The molecule has 1 aliphatic rings. The lowest BCUT2D eigenvalue weighted by Gasteiger charge is -2.46. The van der Waals surface area contributed by atoms with E-state index in [-0.39, 0.29) is 5.11 Å². The summed E-state index contributed by atoms with van der Waals surface area (Å²) in [5.74, 6) is -0.495. The Morgan fingerprint density at radius 1 is 0.939 bits per heavy atom. The number of carbonyl (C=O) groups excluding carboxylic acids is 1. The monoisotopic (exact) mass is 542 g/mol. The molecular formula is C25H24BrN2O3PS. The number of esters is 1. The fraction of sp³-hybridized carbons (Fsp3) is 0.200. The Kier molecular flexibility index (Phi) is 6.25. The second kappa shape index (κ2) is 8.71. The number of rotatable bonds is 5. The van der Waals surface area contributed by atoms with Crippen LogP contribution in [-0.4, -0.2) is 28.4 Å². The molecule has 1 N–H and O–H groups in total. The SMILES string of the molecule is COC(=O)[C@@]1(C)NC(=S)N(P(=O)(c2ccccc2)c2ccccc2)[C@]1(C)c1ccc(Br)cc1. The van der Waals surface area contributed by atoms with Gasteiger partial charge in [0.2, 0.25) is 7.29 Å². The van der Waals surface area contributed by atoms with Gasteiger partial charge in [0.15, 0.2) is 10.7 Å². The van der Waals surface area contributed by atoms with E-state index in [9.17, 15) is 4.79 Å². The van der Waals surface area contributed by atoms with Crippen molar-refractivity contribution in [1.82, 2.24) is 9.99 Å². The zero-order valence-corrected chi connectivity index (χ0v) is 21.8. The molecule has 5 nitrogen and oxygen atoms in total. The number of thiocarbonyl (C=S) groups is 1. The Hall–Kier alpha value is -2.47. The topological polar surface area (TPSA) is 58.6 Å². The molecule has 0 aromatic heterocycles. The zero-order valence-electron chi connectivity index (χ0n) is 18.5. The summed E-state index contributed by atoms with van der Waals surface area (Å²) in [6, 6.07) is 26.2. The first-order chi connectivity index (χ1) is 15.7. The van der Waals surface area contributed by atoms with E-state index in [1.165, 1.54) is 7.11 Å². The third-order valence-electron chi connectivity index (χ3n) is 6.44. The standard InChI is InChI=1S/C25H24BrN2O3PS/c1-24(22(29)31-3)25(2,18-14-16-19(26)17-15-18)28(23(33)27-24)32(30,20-10-6-4-7-11-20)21-12-8-5-9-13-21/h4-17H,1-3H3,(H,27,33)/t24-,25-/m1/s1. The predicted molar refractivity (Wildman–Crippen MR) is 139 cm³/mol. The van der Waals surface area contributed by atoms with Gasteiger partial charge in [0.05, 0.1) is 7.11 Å². The highest BCUT2D eigenvalue weighted by atomic mass is 79.9. The van der Waals surface area contributed by atoms with E-state index in [0.29, 0.717) is 10.6 Å². The van der Waals surface area contributed by atoms with Gasteiger partial charge in [0.1, 0.15) is 5.54 Å². The van der Waals surface area contributed by atoms with E-state index >= 15 is 4.57 Å². The quantitative estimate of drug-likeness (QED) is 0.286. The molecule has 0 unspecified atom stereocenters. The summed E-state index contributed by atoms with van der Waals surface area (Å²) < 4.78 is 23.1. The largest absolute Gasteiger partial charge is 0.467 e. The van der Waals surface area contributed by atoms with Crippen LogP contribution in [0.3, 0.4) is 0 Å². The second-order valence-corrected chi connectivity index (χ2v) is 12.1. The van der Waals surface area contributed by atoms with Crippen molar-refractivity contribution in [2.24, 2.45) is 0 Å². The van der Waals surface area contributed by atoms with Crippen LogP contribution in [0.5, 0.6) is 0 Å². The van der Waals surface area contributed by atoms with Gasteiger partial charge in [-0.15, -0.1) is 0 Å². The number of nitrogens with one attached hydrogen (secondary N) is 1. The molecule has 33 heavy (non-hydrogen) atoms. The van der Waals surface area contributed by atoms with Crippen molar-refractivity contribution >= 4 is 57.1 Å². The van der Waals surface area contributed by atoms with E-state index in [1.54, 1.807) is 11.6 Å². The van der Waals surface area contributed by atoms with Crippen LogP contribution in [0.2, 0.25) is 0 Å². The first kappa shape index (κ1) is 23.7. The Labute approximate surface area is 207 Å². The number of methoxy groups -OCH3 is 1. The summed E-state index contributed by atoms with van der Waals surface area (Å²) in [5, 5.41) is 4.65. The highest BCUT2D eigenvalue weighted by molar-refractivity contribution is 9.10. The van der Waals surface area contributed by atoms with Gasteiger partial charge in [0.25, 0.3) is 0 Å². The minimum atomic E-state index is -3.55. The molecule has 1 saturated heterocycles. The number of nitrogens with zero attached hydrogens (tertiary/aromatic N) is 1. The first-order valence-corrected chi connectivity index (χ1v) is 13.2. The predicted octanol–water partition coefficient (Wildman–Crippen LogP) is 4.72. The molecule has 0 radical (unpaired) electrons. The fourth-order valence-corrected chi connectivity index (χ4v) is 8.59. The highest BCUT2D eigenvalue weighted by Gasteiger charge is 2.66. The molecule has 3 aromatic carbocycles. The van der Waals surface area contributed by atoms with Crippen molar-refractivity contribution in [3.8, 4) is 0 Å². The number of ether oxygens (including phenoxy) is 1. The third kappa shape index (κ3) is 3.54. The molecule has 0 spiro atoms. The molecule has 2 atom stereocenters. The third-order valence-corrected chi connectivity index (χ3v) is 10.5. The van der Waals surface area contributed by atoms with Crippen LogP contribution in [0.25, 0.3) is 0 Å². The summed E-state index contributed by atoms with van der Waals surface area (Å²) in [4.78, 5) is 13.2. The van der Waals surface area contributed by atoms with Crippen molar-refractivity contribution in [3.63, 3.8) is 0 Å². The second-order valence-electron chi connectivity index (χ2n) is 8.18. The average molecular weight is 543 g/mol. The lowest BCUT2D eigenvalue weighted by atomic mass is 9.76. The maximum absolute atomic E-state index is 15.3. The number of benzene rings is 3. The highest BCUT2D eigenvalue weighted by Crippen LogP contribution is 2.60. The van der Waals surface area contributed by atoms with Crippen LogP contribution in [0.1, 0.15) is 19.4 Å². The molecule has 8 heteroatoms. The lowest BCUT2D eigenvalue weighted by molar-refractivity contribution is -0.150. The maximum atomic E-state index is 15.3. The molecule has 1 heterocycles. The van der Waals surface area contributed by atoms with E-state index in [2.05, 4.69) is 21.2 Å². The van der Waals surface area contributed by atoms with Crippen LogP contribution >= 0.6 is 35.4 Å². The van der Waals surface area contributed by atoms with Crippen LogP contribution in [0, 0.1) is 0 Å². The molecule has 0 saturated carbocycles. The first-order valence-electron chi connectivity index (χ1n) is 10.4.